The van der Waals surface area contributed by atoms with E-state index in [1.54, 1.807) is 12.1 Å². The van der Waals surface area contributed by atoms with E-state index in [9.17, 15) is 14.7 Å². The van der Waals surface area contributed by atoms with Gasteiger partial charge in [-0.2, -0.15) is 0 Å². The lowest BCUT2D eigenvalue weighted by Gasteiger charge is -2.41. The third kappa shape index (κ3) is 3.63. The third-order valence-corrected chi connectivity index (χ3v) is 3.60. The molecule has 116 valence electrons. The van der Waals surface area contributed by atoms with Crippen LogP contribution in [0.1, 0.15) is 46.1 Å². The predicted molar refractivity (Wildman–Crippen MR) is 82.9 cm³/mol. The number of hydrogen-bond acceptors (Lipinski definition) is 2. The summed E-state index contributed by atoms with van der Waals surface area (Å²) in [6.07, 6.45) is 1.12. The van der Waals surface area contributed by atoms with Gasteiger partial charge in [-0.1, -0.05) is 51.1 Å². The van der Waals surface area contributed by atoms with Crippen molar-refractivity contribution in [1.82, 2.24) is 4.90 Å². The highest BCUT2D eigenvalue weighted by atomic mass is 16.4. The van der Waals surface area contributed by atoms with Crippen LogP contribution in [-0.2, 0) is 15.1 Å². The number of carboxylic acid groups (broad SMARTS) is 1. The van der Waals surface area contributed by atoms with Crippen molar-refractivity contribution in [2.24, 2.45) is 5.92 Å². The molecule has 1 atom stereocenters. The maximum atomic E-state index is 12.2. The number of rotatable bonds is 7. The number of carboxylic acids is 1. The lowest BCUT2D eigenvalue weighted by molar-refractivity contribution is -0.161. The Kier molecular flexibility index (Phi) is 5.94. The van der Waals surface area contributed by atoms with Crippen LogP contribution in [0.15, 0.2) is 30.3 Å². The van der Waals surface area contributed by atoms with Crippen molar-refractivity contribution in [2.45, 2.75) is 46.1 Å². The Bertz CT molecular complexity index is 484. The first-order valence-corrected chi connectivity index (χ1v) is 7.43. The van der Waals surface area contributed by atoms with Gasteiger partial charge in [0.25, 0.3) is 0 Å². The summed E-state index contributed by atoms with van der Waals surface area (Å²) < 4.78 is 0. The summed E-state index contributed by atoms with van der Waals surface area (Å²) in [7, 11) is 0. The van der Waals surface area contributed by atoms with Crippen LogP contribution in [0.3, 0.4) is 0 Å². The van der Waals surface area contributed by atoms with Crippen LogP contribution in [-0.4, -0.2) is 28.4 Å². The van der Waals surface area contributed by atoms with E-state index in [1.807, 2.05) is 39.0 Å². The fourth-order valence-corrected chi connectivity index (χ4v) is 2.86. The second kappa shape index (κ2) is 7.25. The topological polar surface area (TPSA) is 57.6 Å². The fourth-order valence-electron chi connectivity index (χ4n) is 2.86. The first-order valence-electron chi connectivity index (χ1n) is 7.43. The summed E-state index contributed by atoms with van der Waals surface area (Å²) in [5, 5.41) is 9.98. The Morgan fingerprint density at radius 1 is 1.24 bits per heavy atom. The molecule has 4 heteroatoms. The number of benzene rings is 1. The van der Waals surface area contributed by atoms with Gasteiger partial charge in [-0.25, -0.2) is 4.79 Å². The molecule has 0 aliphatic rings. The largest absolute Gasteiger partial charge is 0.479 e. The highest BCUT2D eigenvalue weighted by Crippen LogP contribution is 2.36. The van der Waals surface area contributed by atoms with E-state index in [2.05, 4.69) is 0 Å². The van der Waals surface area contributed by atoms with Gasteiger partial charge in [-0.05, 0) is 24.3 Å². The molecule has 0 radical (unpaired) electrons. The number of carbonyl (C=O) groups is 2. The monoisotopic (exact) mass is 291 g/mol. The van der Waals surface area contributed by atoms with Crippen molar-refractivity contribution in [3.05, 3.63) is 35.9 Å². The van der Waals surface area contributed by atoms with E-state index >= 15 is 0 Å². The van der Waals surface area contributed by atoms with Crippen LogP contribution >= 0.6 is 0 Å². The molecule has 0 aliphatic carbocycles. The summed E-state index contributed by atoms with van der Waals surface area (Å²) in [6.45, 7) is 7.78. The molecule has 1 rings (SSSR count). The van der Waals surface area contributed by atoms with Gasteiger partial charge in [0, 0.05) is 13.5 Å². The molecule has 1 amide bonds. The molecule has 0 aromatic heterocycles. The number of aliphatic carboxylic acids is 1. The predicted octanol–water partition coefficient (Wildman–Crippen LogP) is 3.27. The zero-order chi connectivity index (χ0) is 16.0. The van der Waals surface area contributed by atoms with E-state index in [1.165, 1.54) is 11.8 Å². The maximum Gasteiger partial charge on any atom is 0.334 e. The van der Waals surface area contributed by atoms with E-state index in [4.69, 9.17) is 0 Å². The fraction of sp³-hybridized carbons (Fsp3) is 0.529. The Morgan fingerprint density at radius 2 is 1.81 bits per heavy atom. The smallest absolute Gasteiger partial charge is 0.334 e. The molecule has 0 heterocycles. The lowest BCUT2D eigenvalue weighted by atomic mass is 9.80. The summed E-state index contributed by atoms with van der Waals surface area (Å²) in [5.41, 5.74) is -0.632. The third-order valence-electron chi connectivity index (χ3n) is 3.60. The van der Waals surface area contributed by atoms with Crippen LogP contribution in [0.5, 0.6) is 0 Å². The standard InChI is InChI=1S/C17H25NO3/c1-5-11-18(14(4)19)17(16(20)21,12-13(2)3)15-9-7-6-8-10-15/h6-10,13H,5,11-12H2,1-4H3,(H,20,21). The molecule has 21 heavy (non-hydrogen) atoms. The van der Waals surface area contributed by atoms with Gasteiger partial charge in [0.15, 0.2) is 5.54 Å². The van der Waals surface area contributed by atoms with Crippen molar-refractivity contribution < 1.29 is 14.7 Å². The van der Waals surface area contributed by atoms with Crippen molar-refractivity contribution in [1.29, 1.82) is 0 Å². The second-order valence-electron chi connectivity index (χ2n) is 5.80. The van der Waals surface area contributed by atoms with Gasteiger partial charge >= 0.3 is 5.97 Å². The first-order chi connectivity index (χ1) is 9.86. The van der Waals surface area contributed by atoms with Gasteiger partial charge in [-0.3, -0.25) is 4.79 Å². The van der Waals surface area contributed by atoms with E-state index < -0.39 is 11.5 Å². The highest BCUT2D eigenvalue weighted by molar-refractivity contribution is 5.87. The molecule has 0 spiro atoms. The Morgan fingerprint density at radius 3 is 2.19 bits per heavy atom. The number of nitrogens with zero attached hydrogens (tertiary/aromatic N) is 1. The Labute approximate surface area is 126 Å². The van der Waals surface area contributed by atoms with Crippen molar-refractivity contribution >= 4 is 11.9 Å². The SMILES string of the molecule is CCCN(C(C)=O)C(CC(C)C)(C(=O)O)c1ccccc1. The summed E-state index contributed by atoms with van der Waals surface area (Å²) in [4.78, 5) is 25.8. The molecular weight excluding hydrogens is 266 g/mol. The van der Waals surface area contributed by atoms with Gasteiger partial charge in [0.2, 0.25) is 5.91 Å². The van der Waals surface area contributed by atoms with Crippen molar-refractivity contribution in [3.63, 3.8) is 0 Å². The molecule has 1 unspecified atom stereocenters. The van der Waals surface area contributed by atoms with E-state index in [0.29, 0.717) is 18.5 Å². The molecule has 1 aromatic carbocycles. The van der Waals surface area contributed by atoms with Crippen molar-refractivity contribution in [2.75, 3.05) is 6.54 Å². The average Bonchev–Trinajstić information content (AvgIpc) is 2.42. The van der Waals surface area contributed by atoms with Crippen molar-refractivity contribution in [3.8, 4) is 0 Å². The minimum absolute atomic E-state index is 0.153. The van der Waals surface area contributed by atoms with Crippen LogP contribution in [0.4, 0.5) is 0 Å². The van der Waals surface area contributed by atoms with Gasteiger partial charge in [0.1, 0.15) is 0 Å². The molecule has 0 aliphatic heterocycles. The molecule has 0 saturated heterocycles. The minimum Gasteiger partial charge on any atom is -0.479 e. The van der Waals surface area contributed by atoms with Gasteiger partial charge in [0.05, 0.1) is 0 Å². The average molecular weight is 291 g/mol. The number of carbonyl (C=O) groups excluding carboxylic acids is 1. The second-order valence-corrected chi connectivity index (χ2v) is 5.80. The number of hydrogen-bond donors (Lipinski definition) is 1. The van der Waals surface area contributed by atoms with Crippen LogP contribution < -0.4 is 0 Å². The zero-order valence-corrected chi connectivity index (χ0v) is 13.3. The summed E-state index contributed by atoms with van der Waals surface area (Å²) in [5.74, 6) is -1.02. The zero-order valence-electron chi connectivity index (χ0n) is 13.3. The van der Waals surface area contributed by atoms with E-state index in [-0.39, 0.29) is 11.8 Å². The molecular formula is C17H25NO3. The molecule has 4 nitrogen and oxygen atoms in total. The normalized spacial score (nSPS) is 13.8. The summed E-state index contributed by atoms with van der Waals surface area (Å²) >= 11 is 0. The minimum atomic E-state index is -1.29. The van der Waals surface area contributed by atoms with Gasteiger partial charge < -0.3 is 10.0 Å². The highest BCUT2D eigenvalue weighted by Gasteiger charge is 2.47. The van der Waals surface area contributed by atoms with Crippen LogP contribution in [0.25, 0.3) is 0 Å². The molecule has 1 aromatic rings. The van der Waals surface area contributed by atoms with Crippen LogP contribution in [0.2, 0.25) is 0 Å². The molecule has 1 N–H and O–H groups in total. The lowest BCUT2D eigenvalue weighted by Crippen LogP contribution is -2.55. The molecule has 0 bridgehead atoms. The molecule has 0 saturated carbocycles. The maximum absolute atomic E-state index is 12.2. The van der Waals surface area contributed by atoms with Gasteiger partial charge in [-0.15, -0.1) is 0 Å². The van der Waals surface area contributed by atoms with E-state index in [0.717, 1.165) is 6.42 Å². The first kappa shape index (κ1) is 17.2. The van der Waals surface area contributed by atoms with Crippen LogP contribution in [0, 0.1) is 5.92 Å². The quantitative estimate of drug-likeness (QED) is 0.838. The summed E-state index contributed by atoms with van der Waals surface area (Å²) in [6, 6.07) is 9.07. The number of amides is 1. The molecule has 0 fully saturated rings. The Hall–Kier alpha value is -1.84. The Balaban J connectivity index is 3.50.